The molecule has 0 bridgehead atoms. The molecule has 34 valence electrons. The molecule has 1 aromatic carbocycles. The van der Waals surface area contributed by atoms with Gasteiger partial charge < -0.3 is 0 Å². The van der Waals surface area contributed by atoms with Gasteiger partial charge in [-0.25, -0.2) is 0 Å². The topological polar surface area (TPSA) is 0 Å². The van der Waals surface area contributed by atoms with Gasteiger partial charge in [0.2, 0.25) is 0 Å². The van der Waals surface area contributed by atoms with Gasteiger partial charge in [-0.05, 0) is 0 Å². The Morgan fingerprint density at radius 3 is 2.00 bits per heavy atom. The van der Waals surface area contributed by atoms with Crippen molar-refractivity contribution in [3.8, 4) is 0 Å². The Hall–Kier alpha value is -0.715. The molecule has 2 radical (unpaired) electrons. The second-order valence-corrected chi connectivity index (χ2v) is 1.41. The largest absolute Gasteiger partial charge is 0.113 e. The quantitative estimate of drug-likeness (QED) is 0.412. The van der Waals surface area contributed by atoms with Gasteiger partial charge in [-0.15, -0.1) is 0 Å². The molecule has 1 rings (SSSR count). The minimum Gasteiger partial charge on any atom is -0.0967 e. The van der Waals surface area contributed by atoms with Crippen molar-refractivity contribution < 1.29 is 1.43 Å². The van der Waals surface area contributed by atoms with E-state index in [9.17, 15) is 0 Å². The van der Waals surface area contributed by atoms with E-state index in [0.29, 0.717) is 0 Å². The third kappa shape index (κ3) is 1.07. The van der Waals surface area contributed by atoms with Crippen LogP contribution in [0.15, 0.2) is 30.3 Å². The Morgan fingerprint density at radius 1 is 1.14 bits per heavy atom. The normalized spacial score (nSPS) is 8.57. The fourth-order valence-electron chi connectivity index (χ4n) is 0.453. The van der Waals surface area contributed by atoms with Crippen LogP contribution < -0.4 is 5.46 Å². The zero-order valence-corrected chi connectivity index (χ0v) is 3.96. The van der Waals surface area contributed by atoms with Crippen LogP contribution in [-0.2, 0) is 0 Å². The predicted molar refractivity (Wildman–Crippen MR) is 33.9 cm³/mol. The standard InChI is InChI=1S/C6H5B.H2/c7-6-4-2-1-3-5-6;/h1-5H;1H. The van der Waals surface area contributed by atoms with E-state index in [1.54, 1.807) is 0 Å². The maximum atomic E-state index is 5.36. The highest BCUT2D eigenvalue weighted by molar-refractivity contribution is 6.32. The molecule has 0 unspecified atom stereocenters. The van der Waals surface area contributed by atoms with Crippen LogP contribution in [0.5, 0.6) is 0 Å². The molecule has 0 saturated heterocycles. The summed E-state index contributed by atoms with van der Waals surface area (Å²) in [5.74, 6) is 0. The van der Waals surface area contributed by atoms with Crippen LogP contribution in [0.25, 0.3) is 0 Å². The van der Waals surface area contributed by atoms with E-state index < -0.39 is 0 Å². The second kappa shape index (κ2) is 1.83. The Kier molecular flexibility index (Phi) is 1.16. The van der Waals surface area contributed by atoms with Crippen molar-refractivity contribution in [1.82, 2.24) is 0 Å². The molecular formula is C6H7B. The lowest BCUT2D eigenvalue weighted by Gasteiger charge is -1.83. The van der Waals surface area contributed by atoms with Crippen molar-refractivity contribution in [2.75, 3.05) is 0 Å². The van der Waals surface area contributed by atoms with E-state index in [1.807, 2.05) is 30.3 Å². The number of hydrogen-bond donors (Lipinski definition) is 0. The van der Waals surface area contributed by atoms with Gasteiger partial charge >= 0.3 is 0 Å². The maximum absolute atomic E-state index is 5.36. The number of hydrogen-bond acceptors (Lipinski definition) is 0. The van der Waals surface area contributed by atoms with Gasteiger partial charge in [0.15, 0.2) is 0 Å². The minimum atomic E-state index is 0. The molecule has 0 N–H and O–H groups in total. The summed E-state index contributed by atoms with van der Waals surface area (Å²) in [6.45, 7) is 0. The number of benzene rings is 1. The van der Waals surface area contributed by atoms with Gasteiger partial charge in [0, 0.05) is 1.43 Å². The van der Waals surface area contributed by atoms with Crippen molar-refractivity contribution in [1.29, 1.82) is 0 Å². The van der Waals surface area contributed by atoms with E-state index in [0.717, 1.165) is 5.46 Å². The van der Waals surface area contributed by atoms with Gasteiger partial charge in [-0.3, -0.25) is 0 Å². The van der Waals surface area contributed by atoms with Gasteiger partial charge in [-0.1, -0.05) is 35.8 Å². The summed E-state index contributed by atoms with van der Waals surface area (Å²) >= 11 is 0. The first-order chi connectivity index (χ1) is 3.39. The average molecular weight is 89.9 g/mol. The Morgan fingerprint density at radius 2 is 1.71 bits per heavy atom. The molecule has 0 saturated carbocycles. The first kappa shape index (κ1) is 4.44. The molecule has 0 nitrogen and oxygen atoms in total. The highest BCUT2D eigenvalue weighted by Gasteiger charge is 1.71. The molecule has 0 atom stereocenters. The highest BCUT2D eigenvalue weighted by Crippen LogP contribution is 1.76. The Balaban J connectivity index is 0.000000490. The smallest absolute Gasteiger partial charge is 0.0967 e. The molecule has 0 fully saturated rings. The second-order valence-electron chi connectivity index (χ2n) is 1.41. The van der Waals surface area contributed by atoms with Crippen molar-refractivity contribution in [2.45, 2.75) is 0 Å². The first-order valence-corrected chi connectivity index (χ1v) is 2.20. The molecule has 0 aliphatic carbocycles. The molecule has 1 heteroatoms. The zero-order valence-electron chi connectivity index (χ0n) is 3.96. The monoisotopic (exact) mass is 90.1 g/mol. The molecule has 0 aromatic heterocycles. The van der Waals surface area contributed by atoms with Crippen LogP contribution >= 0.6 is 0 Å². The molecule has 7 heavy (non-hydrogen) atoms. The van der Waals surface area contributed by atoms with E-state index in [-0.39, 0.29) is 1.43 Å². The first-order valence-electron chi connectivity index (χ1n) is 2.20. The minimum absolute atomic E-state index is 0. The molecule has 0 aliphatic rings. The maximum Gasteiger partial charge on any atom is 0.113 e. The lowest BCUT2D eigenvalue weighted by Crippen LogP contribution is -1.97. The molecule has 0 heterocycles. The van der Waals surface area contributed by atoms with Crippen LogP contribution in [0.2, 0.25) is 0 Å². The molecule has 1 aromatic rings. The molecule has 0 amide bonds. The fraction of sp³-hybridized carbons (Fsp3) is 0. The summed E-state index contributed by atoms with van der Waals surface area (Å²) in [6, 6.07) is 9.49. The summed E-state index contributed by atoms with van der Waals surface area (Å²) in [4.78, 5) is 0. The average Bonchev–Trinajstić information content (AvgIpc) is 1.69. The Labute approximate surface area is 46.1 Å². The van der Waals surface area contributed by atoms with Gasteiger partial charge in [0.25, 0.3) is 0 Å². The van der Waals surface area contributed by atoms with Crippen LogP contribution in [0.4, 0.5) is 0 Å². The molecule has 0 aliphatic heterocycles. The third-order valence-corrected chi connectivity index (χ3v) is 0.800. The summed E-state index contributed by atoms with van der Waals surface area (Å²) in [5, 5.41) is 0. The van der Waals surface area contributed by atoms with Crippen LogP contribution in [-0.4, -0.2) is 7.85 Å². The van der Waals surface area contributed by atoms with Crippen LogP contribution in [0, 0.1) is 0 Å². The van der Waals surface area contributed by atoms with E-state index in [4.69, 9.17) is 7.85 Å². The van der Waals surface area contributed by atoms with E-state index >= 15 is 0 Å². The summed E-state index contributed by atoms with van der Waals surface area (Å²) in [6.07, 6.45) is 0. The predicted octanol–water partition coefficient (Wildman–Crippen LogP) is 0.726. The lowest BCUT2D eigenvalue weighted by atomic mass is 9.97. The van der Waals surface area contributed by atoms with Crippen LogP contribution in [0.1, 0.15) is 1.43 Å². The van der Waals surface area contributed by atoms with E-state index in [2.05, 4.69) is 0 Å². The fourth-order valence-corrected chi connectivity index (χ4v) is 0.453. The number of rotatable bonds is 0. The zero-order chi connectivity index (χ0) is 5.11. The summed E-state index contributed by atoms with van der Waals surface area (Å²) in [7, 11) is 5.36. The summed E-state index contributed by atoms with van der Waals surface area (Å²) in [5.41, 5.74) is 0.822. The molecular weight excluding hydrogens is 82.9 g/mol. The van der Waals surface area contributed by atoms with Gasteiger partial charge in [-0.2, -0.15) is 0 Å². The highest BCUT2D eigenvalue weighted by atomic mass is 13.7. The molecule has 0 spiro atoms. The van der Waals surface area contributed by atoms with Gasteiger partial charge in [0.1, 0.15) is 7.85 Å². The summed E-state index contributed by atoms with van der Waals surface area (Å²) < 4.78 is 0. The third-order valence-electron chi connectivity index (χ3n) is 0.800. The van der Waals surface area contributed by atoms with Crippen molar-refractivity contribution >= 4 is 13.3 Å². The Bertz CT molecular complexity index is 138. The van der Waals surface area contributed by atoms with Gasteiger partial charge in [0.05, 0.1) is 0 Å². The lowest BCUT2D eigenvalue weighted by molar-refractivity contribution is 1.78. The van der Waals surface area contributed by atoms with Crippen LogP contribution in [0.3, 0.4) is 0 Å². The van der Waals surface area contributed by atoms with Crippen molar-refractivity contribution in [2.24, 2.45) is 0 Å². The van der Waals surface area contributed by atoms with Crippen molar-refractivity contribution in [3.63, 3.8) is 0 Å². The van der Waals surface area contributed by atoms with Crippen molar-refractivity contribution in [3.05, 3.63) is 30.3 Å². The van der Waals surface area contributed by atoms with E-state index in [1.165, 1.54) is 0 Å². The SMILES string of the molecule is [B]c1ccccc1.[HH].